The van der Waals surface area contributed by atoms with Crippen LogP contribution in [0.2, 0.25) is 5.02 Å². The molecule has 0 amide bonds. The lowest BCUT2D eigenvalue weighted by molar-refractivity contribution is 0.0697. The van der Waals surface area contributed by atoms with E-state index in [2.05, 4.69) is 15.6 Å². The van der Waals surface area contributed by atoms with Gasteiger partial charge < -0.3 is 9.67 Å². The number of carboxylic acid groups (broad SMARTS) is 1. The van der Waals surface area contributed by atoms with Crippen LogP contribution in [0.25, 0.3) is 5.69 Å². The van der Waals surface area contributed by atoms with Crippen LogP contribution in [0, 0.1) is 13.8 Å². The maximum Gasteiger partial charge on any atom is 0.335 e. The molecule has 0 aliphatic carbocycles. The van der Waals surface area contributed by atoms with Crippen LogP contribution in [0.5, 0.6) is 0 Å². The van der Waals surface area contributed by atoms with E-state index in [1.165, 1.54) is 0 Å². The molecule has 1 heterocycles. The van der Waals surface area contributed by atoms with Crippen LogP contribution in [0.15, 0.2) is 59.6 Å². The van der Waals surface area contributed by atoms with Gasteiger partial charge in [-0.05, 0) is 62.4 Å². The third-order valence-corrected chi connectivity index (χ3v) is 4.25. The number of aliphatic imine (C=N–C) groups is 1. The number of aromatic carboxylic acids is 1. The van der Waals surface area contributed by atoms with Gasteiger partial charge in [0.1, 0.15) is 0 Å². The van der Waals surface area contributed by atoms with E-state index in [-0.39, 0.29) is 5.56 Å². The highest BCUT2D eigenvalue weighted by atomic mass is 35.5. The van der Waals surface area contributed by atoms with Gasteiger partial charge in [0.05, 0.1) is 11.3 Å². The number of carbonyl (C=O) groups is 1. The zero-order valence-electron chi connectivity index (χ0n) is 13.9. The number of carboxylic acids is 1. The molecule has 0 saturated carbocycles. The molecule has 3 aromatic rings. The van der Waals surface area contributed by atoms with Gasteiger partial charge in [-0.15, -0.1) is 0 Å². The quantitative estimate of drug-likeness (QED) is 0.656. The summed E-state index contributed by atoms with van der Waals surface area (Å²) in [7, 11) is 0. The van der Waals surface area contributed by atoms with Gasteiger partial charge in [-0.3, -0.25) is 4.99 Å². The van der Waals surface area contributed by atoms with E-state index in [1.54, 1.807) is 30.5 Å². The number of nitrogens with zero attached hydrogens (tertiary/aromatic N) is 2. The Morgan fingerprint density at radius 1 is 1.12 bits per heavy atom. The Hall–Kier alpha value is -2.85. The van der Waals surface area contributed by atoms with Crippen molar-refractivity contribution in [1.82, 2.24) is 4.57 Å². The summed E-state index contributed by atoms with van der Waals surface area (Å²) in [5, 5.41) is 9.76. The van der Waals surface area contributed by atoms with Gasteiger partial charge >= 0.3 is 5.97 Å². The lowest BCUT2D eigenvalue weighted by Crippen LogP contribution is -1.99. The summed E-state index contributed by atoms with van der Waals surface area (Å²) in [5.74, 6) is -0.960. The van der Waals surface area contributed by atoms with Crippen molar-refractivity contribution in [3.05, 3.63) is 82.1 Å². The largest absolute Gasteiger partial charge is 0.478 e. The van der Waals surface area contributed by atoms with Gasteiger partial charge in [0, 0.05) is 33.9 Å². The van der Waals surface area contributed by atoms with Crippen LogP contribution in [0.1, 0.15) is 27.3 Å². The van der Waals surface area contributed by atoms with Gasteiger partial charge in [0.2, 0.25) is 0 Å². The van der Waals surface area contributed by atoms with E-state index in [9.17, 15) is 4.79 Å². The zero-order chi connectivity index (χ0) is 18.0. The highest BCUT2D eigenvalue weighted by Gasteiger charge is 2.09. The smallest absolute Gasteiger partial charge is 0.335 e. The van der Waals surface area contributed by atoms with Crippen LogP contribution in [-0.2, 0) is 0 Å². The summed E-state index contributed by atoms with van der Waals surface area (Å²) in [6.07, 6.45) is 1.76. The summed E-state index contributed by atoms with van der Waals surface area (Å²) in [4.78, 5) is 15.5. The molecule has 126 valence electrons. The molecule has 0 spiro atoms. The molecule has 0 unspecified atom stereocenters. The zero-order valence-corrected chi connectivity index (χ0v) is 14.7. The molecule has 0 atom stereocenters. The predicted octanol–water partition coefficient (Wildman–Crippen LogP) is 5.20. The van der Waals surface area contributed by atoms with E-state index < -0.39 is 5.97 Å². The Balaban J connectivity index is 1.94. The van der Waals surface area contributed by atoms with Gasteiger partial charge in [-0.25, -0.2) is 4.79 Å². The summed E-state index contributed by atoms with van der Waals surface area (Å²) < 4.78 is 2.13. The van der Waals surface area contributed by atoms with E-state index in [0.29, 0.717) is 10.7 Å². The van der Waals surface area contributed by atoms with E-state index >= 15 is 0 Å². The van der Waals surface area contributed by atoms with Crippen LogP contribution >= 0.6 is 11.6 Å². The Labute approximate surface area is 151 Å². The van der Waals surface area contributed by atoms with Crippen molar-refractivity contribution in [3.63, 3.8) is 0 Å². The van der Waals surface area contributed by atoms with Gasteiger partial charge in [0.15, 0.2) is 0 Å². The lowest BCUT2D eigenvalue weighted by Gasteiger charge is -2.09. The average Bonchev–Trinajstić information content (AvgIpc) is 2.88. The first-order valence-corrected chi connectivity index (χ1v) is 8.16. The number of aromatic nitrogens is 1. The minimum Gasteiger partial charge on any atom is -0.478 e. The van der Waals surface area contributed by atoms with Crippen molar-refractivity contribution in [2.24, 2.45) is 4.99 Å². The lowest BCUT2D eigenvalue weighted by atomic mass is 10.2. The van der Waals surface area contributed by atoms with Gasteiger partial charge in [0.25, 0.3) is 0 Å². The normalized spacial score (nSPS) is 11.2. The van der Waals surface area contributed by atoms with Gasteiger partial charge in [-0.1, -0.05) is 17.7 Å². The van der Waals surface area contributed by atoms with E-state index in [4.69, 9.17) is 16.7 Å². The van der Waals surface area contributed by atoms with Crippen LogP contribution in [-0.4, -0.2) is 21.9 Å². The molecule has 0 saturated heterocycles. The number of aryl methyl sites for hydroxylation is 1. The molecule has 25 heavy (non-hydrogen) atoms. The van der Waals surface area contributed by atoms with Crippen molar-refractivity contribution >= 4 is 29.5 Å². The first-order valence-electron chi connectivity index (χ1n) is 7.78. The fourth-order valence-electron chi connectivity index (χ4n) is 2.77. The summed E-state index contributed by atoms with van der Waals surface area (Å²) in [6.45, 7) is 4.06. The monoisotopic (exact) mass is 352 g/mol. The molecule has 1 N–H and O–H groups in total. The Morgan fingerprint density at radius 3 is 2.52 bits per heavy atom. The van der Waals surface area contributed by atoms with Crippen molar-refractivity contribution in [2.75, 3.05) is 0 Å². The fourth-order valence-corrected chi connectivity index (χ4v) is 2.90. The van der Waals surface area contributed by atoms with Crippen molar-refractivity contribution in [1.29, 1.82) is 0 Å². The molecular formula is C20H17ClN2O2. The molecule has 2 aromatic carbocycles. The Bertz CT molecular complexity index is 956. The number of hydrogen-bond acceptors (Lipinski definition) is 2. The van der Waals surface area contributed by atoms with Crippen LogP contribution < -0.4 is 0 Å². The Kier molecular flexibility index (Phi) is 4.72. The minimum absolute atomic E-state index is 0.223. The molecule has 4 nitrogen and oxygen atoms in total. The molecule has 0 aliphatic heterocycles. The molecule has 1 aromatic heterocycles. The first kappa shape index (κ1) is 17.0. The van der Waals surface area contributed by atoms with Crippen LogP contribution in [0.4, 0.5) is 5.69 Å². The van der Waals surface area contributed by atoms with Crippen molar-refractivity contribution in [3.8, 4) is 5.69 Å². The standard InChI is InChI=1S/C20H17ClN2O2/c1-13-10-16(12-22-18-5-3-4-15(11-18)20(24)25)14(2)23(13)19-8-6-17(21)7-9-19/h3-12H,1-2H3,(H,24,25). The SMILES string of the molecule is Cc1cc(C=Nc2cccc(C(=O)O)c2)c(C)n1-c1ccc(Cl)cc1. The highest BCUT2D eigenvalue weighted by Crippen LogP contribution is 2.22. The molecule has 0 fully saturated rings. The third kappa shape index (κ3) is 3.64. The highest BCUT2D eigenvalue weighted by molar-refractivity contribution is 6.30. The summed E-state index contributed by atoms with van der Waals surface area (Å²) >= 11 is 5.96. The minimum atomic E-state index is -0.960. The maximum atomic E-state index is 11.0. The second-order valence-corrected chi connectivity index (χ2v) is 6.19. The number of halogens is 1. The van der Waals surface area contributed by atoms with E-state index in [1.807, 2.05) is 38.1 Å². The van der Waals surface area contributed by atoms with E-state index in [0.717, 1.165) is 22.6 Å². The molecule has 0 radical (unpaired) electrons. The van der Waals surface area contributed by atoms with Gasteiger partial charge in [-0.2, -0.15) is 0 Å². The molecule has 3 rings (SSSR count). The number of hydrogen-bond donors (Lipinski definition) is 1. The van der Waals surface area contributed by atoms with Crippen molar-refractivity contribution < 1.29 is 9.90 Å². The second-order valence-electron chi connectivity index (χ2n) is 5.75. The summed E-state index contributed by atoms with van der Waals surface area (Å²) in [6, 6.07) is 16.3. The molecule has 0 bridgehead atoms. The number of benzene rings is 2. The average molecular weight is 353 g/mol. The predicted molar refractivity (Wildman–Crippen MR) is 101 cm³/mol. The fraction of sp³-hybridized carbons (Fsp3) is 0.100. The topological polar surface area (TPSA) is 54.6 Å². The van der Waals surface area contributed by atoms with Crippen LogP contribution in [0.3, 0.4) is 0 Å². The molecule has 0 aliphatic rings. The third-order valence-electron chi connectivity index (χ3n) is 4.00. The maximum absolute atomic E-state index is 11.0. The summed E-state index contributed by atoms with van der Waals surface area (Å²) in [5.41, 5.74) is 4.98. The van der Waals surface area contributed by atoms with Crippen molar-refractivity contribution in [2.45, 2.75) is 13.8 Å². The first-order chi connectivity index (χ1) is 12.0. The Morgan fingerprint density at radius 2 is 1.84 bits per heavy atom. The number of rotatable bonds is 4. The second kappa shape index (κ2) is 6.95. The molecule has 5 heteroatoms. The molecular weight excluding hydrogens is 336 g/mol.